The van der Waals surface area contributed by atoms with Crippen LogP contribution in [-0.2, 0) is 4.74 Å². The molecule has 0 radical (unpaired) electrons. The van der Waals surface area contributed by atoms with E-state index in [4.69, 9.17) is 9.84 Å². The highest BCUT2D eigenvalue weighted by Gasteiger charge is 2.17. The van der Waals surface area contributed by atoms with Crippen molar-refractivity contribution in [3.8, 4) is 0 Å². The predicted octanol–water partition coefficient (Wildman–Crippen LogP) is 1.04. The summed E-state index contributed by atoms with van der Waals surface area (Å²) in [5.74, 6) is 1.16. The summed E-state index contributed by atoms with van der Waals surface area (Å²) in [4.78, 5) is 0. The molecule has 0 bridgehead atoms. The summed E-state index contributed by atoms with van der Waals surface area (Å²) in [5.41, 5.74) is 0. The lowest BCUT2D eigenvalue weighted by atomic mass is 9.96. The van der Waals surface area contributed by atoms with Crippen molar-refractivity contribution in [2.75, 3.05) is 19.8 Å². The average Bonchev–Trinajstić information content (AvgIpc) is 2.40. The number of ether oxygens (including phenoxy) is 1. The molecular weight excluding hydrogens is 128 g/mol. The summed E-state index contributed by atoms with van der Waals surface area (Å²) in [7, 11) is 0. The first-order chi connectivity index (χ1) is 4.83. The van der Waals surface area contributed by atoms with Gasteiger partial charge in [0.2, 0.25) is 0 Å². The van der Waals surface area contributed by atoms with Crippen molar-refractivity contribution in [2.45, 2.75) is 19.8 Å². The fourth-order valence-electron chi connectivity index (χ4n) is 1.41. The SMILES string of the molecule is C[C@H](CO)CC1CCOC1. The predicted molar refractivity (Wildman–Crippen MR) is 39.8 cm³/mol. The fraction of sp³-hybridized carbons (Fsp3) is 1.00. The number of hydrogen-bond donors (Lipinski definition) is 1. The lowest BCUT2D eigenvalue weighted by Crippen LogP contribution is -2.09. The first-order valence-corrected chi connectivity index (χ1v) is 4.01. The molecular formula is C8H16O2. The van der Waals surface area contributed by atoms with Crippen LogP contribution in [0.5, 0.6) is 0 Å². The van der Waals surface area contributed by atoms with Crippen LogP contribution in [-0.4, -0.2) is 24.9 Å². The Morgan fingerprint density at radius 3 is 3.00 bits per heavy atom. The Labute approximate surface area is 62.2 Å². The number of hydrogen-bond acceptors (Lipinski definition) is 2. The Morgan fingerprint density at radius 1 is 1.70 bits per heavy atom. The largest absolute Gasteiger partial charge is 0.396 e. The molecule has 10 heavy (non-hydrogen) atoms. The van der Waals surface area contributed by atoms with Gasteiger partial charge in [-0.3, -0.25) is 0 Å². The molecule has 0 aromatic carbocycles. The third kappa shape index (κ3) is 2.27. The molecule has 2 atom stereocenters. The van der Waals surface area contributed by atoms with Crippen LogP contribution in [0.2, 0.25) is 0 Å². The van der Waals surface area contributed by atoms with Crippen molar-refractivity contribution < 1.29 is 9.84 Å². The maximum Gasteiger partial charge on any atom is 0.0495 e. The molecule has 1 heterocycles. The Balaban J connectivity index is 2.11. The number of aliphatic hydroxyl groups is 1. The van der Waals surface area contributed by atoms with Gasteiger partial charge in [-0.25, -0.2) is 0 Å². The highest BCUT2D eigenvalue weighted by molar-refractivity contribution is 4.66. The van der Waals surface area contributed by atoms with Gasteiger partial charge in [-0.15, -0.1) is 0 Å². The molecule has 2 nitrogen and oxygen atoms in total. The van der Waals surface area contributed by atoms with Gasteiger partial charge in [0.1, 0.15) is 0 Å². The van der Waals surface area contributed by atoms with Crippen LogP contribution in [0.15, 0.2) is 0 Å². The van der Waals surface area contributed by atoms with E-state index in [-0.39, 0.29) is 0 Å². The van der Waals surface area contributed by atoms with Crippen molar-refractivity contribution in [1.29, 1.82) is 0 Å². The van der Waals surface area contributed by atoms with E-state index in [0.29, 0.717) is 18.4 Å². The van der Waals surface area contributed by atoms with Gasteiger partial charge < -0.3 is 9.84 Å². The second-order valence-corrected chi connectivity index (χ2v) is 3.25. The molecule has 1 aliphatic rings. The second kappa shape index (κ2) is 3.94. The molecule has 0 amide bonds. The van der Waals surface area contributed by atoms with Crippen molar-refractivity contribution in [2.24, 2.45) is 11.8 Å². The molecule has 0 aromatic heterocycles. The average molecular weight is 144 g/mol. The Morgan fingerprint density at radius 2 is 2.50 bits per heavy atom. The molecule has 1 rings (SSSR count). The van der Waals surface area contributed by atoms with E-state index in [0.717, 1.165) is 19.6 Å². The maximum atomic E-state index is 8.75. The van der Waals surface area contributed by atoms with Gasteiger partial charge in [-0.2, -0.15) is 0 Å². The summed E-state index contributed by atoms with van der Waals surface area (Å²) < 4.78 is 5.22. The summed E-state index contributed by atoms with van der Waals surface area (Å²) in [6.45, 7) is 4.22. The van der Waals surface area contributed by atoms with Gasteiger partial charge >= 0.3 is 0 Å². The van der Waals surface area contributed by atoms with E-state index in [1.165, 1.54) is 6.42 Å². The normalized spacial score (nSPS) is 28.8. The summed E-state index contributed by atoms with van der Waals surface area (Å²) in [6.07, 6.45) is 2.31. The number of aliphatic hydroxyl groups excluding tert-OH is 1. The number of rotatable bonds is 3. The van der Waals surface area contributed by atoms with Gasteiger partial charge in [0.15, 0.2) is 0 Å². The third-order valence-electron chi connectivity index (χ3n) is 2.07. The molecule has 1 fully saturated rings. The van der Waals surface area contributed by atoms with Crippen LogP contribution in [0.4, 0.5) is 0 Å². The van der Waals surface area contributed by atoms with E-state index in [9.17, 15) is 0 Å². The second-order valence-electron chi connectivity index (χ2n) is 3.25. The van der Waals surface area contributed by atoms with Crippen molar-refractivity contribution in [1.82, 2.24) is 0 Å². The maximum absolute atomic E-state index is 8.75. The molecule has 0 spiro atoms. The molecule has 1 saturated heterocycles. The van der Waals surface area contributed by atoms with Crippen molar-refractivity contribution in [3.63, 3.8) is 0 Å². The Bertz CT molecular complexity index is 87.3. The van der Waals surface area contributed by atoms with E-state index in [1.807, 2.05) is 0 Å². The van der Waals surface area contributed by atoms with E-state index in [1.54, 1.807) is 0 Å². The van der Waals surface area contributed by atoms with Crippen molar-refractivity contribution in [3.05, 3.63) is 0 Å². The summed E-state index contributed by atoms with van der Waals surface area (Å²) in [6, 6.07) is 0. The molecule has 1 unspecified atom stereocenters. The quantitative estimate of drug-likeness (QED) is 0.641. The van der Waals surface area contributed by atoms with E-state index >= 15 is 0 Å². The molecule has 0 saturated carbocycles. The zero-order valence-corrected chi connectivity index (χ0v) is 6.55. The minimum absolute atomic E-state index is 0.316. The first-order valence-electron chi connectivity index (χ1n) is 4.01. The van der Waals surface area contributed by atoms with Crippen LogP contribution in [0.25, 0.3) is 0 Å². The molecule has 0 aromatic rings. The van der Waals surface area contributed by atoms with Crippen molar-refractivity contribution >= 4 is 0 Å². The molecule has 0 aliphatic carbocycles. The van der Waals surface area contributed by atoms with Crippen LogP contribution in [0, 0.1) is 11.8 Å². The Hall–Kier alpha value is -0.0800. The summed E-state index contributed by atoms with van der Waals surface area (Å²) >= 11 is 0. The van der Waals surface area contributed by atoms with Gasteiger partial charge in [0.25, 0.3) is 0 Å². The topological polar surface area (TPSA) is 29.5 Å². The van der Waals surface area contributed by atoms with Gasteiger partial charge in [-0.05, 0) is 24.7 Å². The standard InChI is InChI=1S/C8H16O2/c1-7(5-9)4-8-2-3-10-6-8/h7-9H,2-6H2,1H3/t7-,8?/m0/s1. The first kappa shape index (κ1) is 8.02. The highest BCUT2D eigenvalue weighted by Crippen LogP contribution is 2.20. The highest BCUT2D eigenvalue weighted by atomic mass is 16.5. The fourth-order valence-corrected chi connectivity index (χ4v) is 1.41. The van der Waals surface area contributed by atoms with E-state index in [2.05, 4.69) is 6.92 Å². The molecule has 2 heteroatoms. The minimum Gasteiger partial charge on any atom is -0.396 e. The van der Waals surface area contributed by atoms with Crippen LogP contribution < -0.4 is 0 Å². The molecule has 60 valence electrons. The monoisotopic (exact) mass is 144 g/mol. The lowest BCUT2D eigenvalue weighted by Gasteiger charge is -2.11. The zero-order chi connectivity index (χ0) is 7.40. The molecule has 1 aliphatic heterocycles. The van der Waals surface area contributed by atoms with Gasteiger partial charge in [0.05, 0.1) is 0 Å². The third-order valence-corrected chi connectivity index (χ3v) is 2.07. The van der Waals surface area contributed by atoms with Crippen LogP contribution in [0.3, 0.4) is 0 Å². The zero-order valence-electron chi connectivity index (χ0n) is 6.55. The van der Waals surface area contributed by atoms with Gasteiger partial charge in [0, 0.05) is 19.8 Å². The lowest BCUT2D eigenvalue weighted by molar-refractivity contribution is 0.169. The van der Waals surface area contributed by atoms with Crippen LogP contribution >= 0.6 is 0 Å². The smallest absolute Gasteiger partial charge is 0.0495 e. The minimum atomic E-state index is 0.316. The Kier molecular flexibility index (Phi) is 3.16. The van der Waals surface area contributed by atoms with Gasteiger partial charge in [-0.1, -0.05) is 6.92 Å². The van der Waals surface area contributed by atoms with E-state index < -0.39 is 0 Å². The van der Waals surface area contributed by atoms with Crippen LogP contribution in [0.1, 0.15) is 19.8 Å². The summed E-state index contributed by atoms with van der Waals surface area (Å²) in [5, 5.41) is 8.75. The molecule has 1 N–H and O–H groups in total.